The van der Waals surface area contributed by atoms with Gasteiger partial charge in [-0.25, -0.2) is 19.3 Å². The van der Waals surface area contributed by atoms with Crippen LogP contribution < -0.4 is 9.47 Å². The fraction of sp³-hybridized carbons (Fsp3) is 0.318. The molecule has 2 aromatic heterocycles. The Hall–Kier alpha value is -2.84. The molecule has 6 nitrogen and oxygen atoms in total. The van der Waals surface area contributed by atoms with Gasteiger partial charge < -0.3 is 14.6 Å². The Morgan fingerprint density at radius 3 is 2.77 bits per heavy atom. The van der Waals surface area contributed by atoms with Gasteiger partial charge in [-0.3, -0.25) is 0 Å². The summed E-state index contributed by atoms with van der Waals surface area (Å²) >= 11 is 1.47. The van der Waals surface area contributed by atoms with E-state index >= 15 is 0 Å². The van der Waals surface area contributed by atoms with Crippen LogP contribution in [0.5, 0.6) is 11.6 Å². The summed E-state index contributed by atoms with van der Waals surface area (Å²) in [7, 11) is 1.55. The van der Waals surface area contributed by atoms with Crippen molar-refractivity contribution in [2.24, 2.45) is 0 Å². The number of nitrogens with zero attached hydrogens (tertiary/aromatic N) is 3. The van der Waals surface area contributed by atoms with E-state index in [0.29, 0.717) is 22.4 Å². The summed E-state index contributed by atoms with van der Waals surface area (Å²) in [6, 6.07) is 5.36. The summed E-state index contributed by atoms with van der Waals surface area (Å²) in [6.07, 6.45) is 1.07. The smallest absolute Gasteiger partial charge is 0.232 e. The lowest BCUT2D eigenvalue weighted by molar-refractivity contribution is 0.0866. The van der Waals surface area contributed by atoms with E-state index in [-0.39, 0.29) is 12.4 Å². The molecule has 0 aliphatic carbocycles. The molecule has 8 heteroatoms. The second kappa shape index (κ2) is 6.58. The molecule has 1 N–H and O–H groups in total. The highest BCUT2D eigenvalue weighted by Gasteiger charge is 2.45. The molecule has 3 heterocycles. The highest BCUT2D eigenvalue weighted by Crippen LogP contribution is 2.50. The van der Waals surface area contributed by atoms with Gasteiger partial charge in [0.05, 0.1) is 41.2 Å². The number of aromatic nitrogens is 3. The second-order valence-electron chi connectivity index (χ2n) is 8.03. The Morgan fingerprint density at radius 1 is 1.23 bits per heavy atom. The van der Waals surface area contributed by atoms with Gasteiger partial charge in [-0.2, -0.15) is 0 Å². The third kappa shape index (κ3) is 2.67. The maximum Gasteiger partial charge on any atom is 0.232 e. The monoisotopic (exact) mass is 425 g/mol. The maximum atomic E-state index is 14.8. The molecule has 2 aromatic carbocycles. The summed E-state index contributed by atoms with van der Waals surface area (Å²) in [6.45, 7) is 5.71. The van der Waals surface area contributed by atoms with E-state index in [2.05, 4.69) is 9.97 Å². The van der Waals surface area contributed by atoms with Crippen LogP contribution >= 0.6 is 11.3 Å². The van der Waals surface area contributed by atoms with Gasteiger partial charge in [-0.05, 0) is 24.6 Å². The van der Waals surface area contributed by atoms with Crippen LogP contribution in [0.25, 0.3) is 31.8 Å². The van der Waals surface area contributed by atoms with Crippen LogP contribution in [-0.4, -0.2) is 39.9 Å². The first-order valence-corrected chi connectivity index (χ1v) is 10.4. The fourth-order valence-corrected chi connectivity index (χ4v) is 5.33. The lowest BCUT2D eigenvalue weighted by Crippen LogP contribution is -2.35. The number of thiazole rings is 1. The first kappa shape index (κ1) is 19.1. The number of fused-ring (bicyclic) bond motifs is 4. The maximum absolute atomic E-state index is 14.8. The zero-order valence-corrected chi connectivity index (χ0v) is 17.8. The van der Waals surface area contributed by atoms with Crippen molar-refractivity contribution in [2.75, 3.05) is 13.7 Å². The molecule has 30 heavy (non-hydrogen) atoms. The number of aryl methyl sites for hydroxylation is 1. The highest BCUT2D eigenvalue weighted by molar-refractivity contribution is 7.22. The first-order chi connectivity index (χ1) is 14.3. The van der Waals surface area contributed by atoms with Gasteiger partial charge in [0.1, 0.15) is 11.1 Å². The van der Waals surface area contributed by atoms with Crippen LogP contribution in [0.4, 0.5) is 4.39 Å². The van der Waals surface area contributed by atoms with E-state index in [0.717, 1.165) is 26.4 Å². The Labute approximate surface area is 176 Å². The zero-order chi connectivity index (χ0) is 21.2. The van der Waals surface area contributed by atoms with Gasteiger partial charge in [0.2, 0.25) is 5.88 Å². The molecule has 154 valence electrons. The van der Waals surface area contributed by atoms with Gasteiger partial charge in [-0.1, -0.05) is 13.8 Å². The second-order valence-corrected chi connectivity index (χ2v) is 9.03. The van der Waals surface area contributed by atoms with Crippen molar-refractivity contribution in [2.45, 2.75) is 32.3 Å². The standard InChI is InChI=1S/C22H20FN3O3S/c1-10-5-11(18-13(6-10)25-16(28-4)8-24-18)21-26-14-7-12(23)19-17(20(14)30-21)22(2,3)15(9-27)29-19/h5-8,15,27H,9H2,1-4H3/t15-/m1/s1. The van der Waals surface area contributed by atoms with Crippen molar-refractivity contribution in [3.8, 4) is 22.2 Å². The summed E-state index contributed by atoms with van der Waals surface area (Å²) in [4.78, 5) is 13.8. The van der Waals surface area contributed by atoms with E-state index in [1.165, 1.54) is 17.4 Å². The fourth-order valence-electron chi connectivity index (χ4n) is 4.06. The molecule has 0 amide bonds. The molecule has 0 unspecified atom stereocenters. The van der Waals surface area contributed by atoms with Gasteiger partial charge in [-0.15, -0.1) is 11.3 Å². The van der Waals surface area contributed by atoms with Gasteiger partial charge >= 0.3 is 0 Å². The molecular weight excluding hydrogens is 405 g/mol. The molecule has 4 aromatic rings. The van der Waals surface area contributed by atoms with Crippen LogP contribution in [0.2, 0.25) is 0 Å². The lowest BCUT2D eigenvalue weighted by atomic mass is 9.81. The molecule has 0 fully saturated rings. The number of benzene rings is 2. The summed E-state index contributed by atoms with van der Waals surface area (Å²) < 4.78 is 26.6. The molecule has 1 aliphatic rings. The molecule has 0 saturated heterocycles. The Bertz CT molecular complexity index is 1320. The van der Waals surface area contributed by atoms with Crippen molar-refractivity contribution < 1.29 is 19.0 Å². The number of aliphatic hydroxyl groups is 1. The van der Waals surface area contributed by atoms with Crippen molar-refractivity contribution in [3.63, 3.8) is 0 Å². The summed E-state index contributed by atoms with van der Waals surface area (Å²) in [5.74, 6) is 0.189. The first-order valence-electron chi connectivity index (χ1n) is 9.56. The zero-order valence-electron chi connectivity index (χ0n) is 17.0. The lowest BCUT2D eigenvalue weighted by Gasteiger charge is -2.24. The predicted molar refractivity (Wildman–Crippen MR) is 114 cm³/mol. The molecule has 0 bridgehead atoms. The van der Waals surface area contributed by atoms with Crippen molar-refractivity contribution in [1.29, 1.82) is 0 Å². The van der Waals surface area contributed by atoms with E-state index in [9.17, 15) is 9.50 Å². The number of ether oxygens (including phenoxy) is 2. The Balaban J connectivity index is 1.77. The van der Waals surface area contributed by atoms with Crippen molar-refractivity contribution >= 4 is 32.6 Å². The largest absolute Gasteiger partial charge is 0.484 e. The van der Waals surface area contributed by atoms with E-state index in [1.807, 2.05) is 32.9 Å². The Kier molecular flexibility index (Phi) is 4.20. The predicted octanol–water partition coefficient (Wildman–Crippen LogP) is 4.39. The Morgan fingerprint density at radius 2 is 2.03 bits per heavy atom. The number of hydrogen-bond acceptors (Lipinski definition) is 7. The summed E-state index contributed by atoms with van der Waals surface area (Å²) in [5, 5.41) is 10.5. The van der Waals surface area contributed by atoms with E-state index in [1.54, 1.807) is 13.3 Å². The number of hydrogen-bond donors (Lipinski definition) is 1. The normalized spacial score (nSPS) is 17.3. The van der Waals surface area contributed by atoms with Gasteiger partial charge in [0.15, 0.2) is 11.6 Å². The molecule has 0 radical (unpaired) electrons. The SMILES string of the molecule is COc1cnc2c(-c3nc4cc(F)c5c(c4s3)C(C)(C)[C@@H](CO)O5)cc(C)cc2n1. The van der Waals surface area contributed by atoms with Crippen LogP contribution in [0.3, 0.4) is 0 Å². The molecule has 5 rings (SSSR count). The molecule has 1 atom stereocenters. The minimum absolute atomic E-state index is 0.186. The van der Waals surface area contributed by atoms with E-state index in [4.69, 9.17) is 14.5 Å². The van der Waals surface area contributed by atoms with Gasteiger partial charge in [0, 0.05) is 22.6 Å². The molecule has 1 aliphatic heterocycles. The van der Waals surface area contributed by atoms with E-state index < -0.39 is 17.3 Å². The minimum Gasteiger partial charge on any atom is -0.484 e. The van der Waals surface area contributed by atoms with Crippen LogP contribution in [0.15, 0.2) is 24.4 Å². The van der Waals surface area contributed by atoms with Crippen LogP contribution in [0, 0.1) is 12.7 Å². The molecule has 0 saturated carbocycles. The van der Waals surface area contributed by atoms with Crippen LogP contribution in [-0.2, 0) is 5.41 Å². The minimum atomic E-state index is -0.546. The van der Waals surface area contributed by atoms with Crippen LogP contribution in [0.1, 0.15) is 25.0 Å². The van der Waals surface area contributed by atoms with Crippen molar-refractivity contribution in [1.82, 2.24) is 15.0 Å². The number of halogens is 1. The van der Waals surface area contributed by atoms with Gasteiger partial charge in [0.25, 0.3) is 0 Å². The summed E-state index contributed by atoms with van der Waals surface area (Å²) in [5.41, 5.74) is 4.05. The average molecular weight is 425 g/mol. The third-order valence-corrected chi connectivity index (χ3v) is 6.79. The highest BCUT2D eigenvalue weighted by atomic mass is 32.1. The van der Waals surface area contributed by atoms with Crippen molar-refractivity contribution in [3.05, 3.63) is 41.3 Å². The average Bonchev–Trinajstić information content (AvgIpc) is 3.24. The number of methoxy groups -OCH3 is 1. The number of rotatable bonds is 3. The third-order valence-electron chi connectivity index (χ3n) is 5.67. The molecule has 0 spiro atoms. The quantitative estimate of drug-likeness (QED) is 0.524. The molecular formula is C22H20FN3O3S. The number of aliphatic hydroxyl groups excluding tert-OH is 1. The topological polar surface area (TPSA) is 77.4 Å².